The Labute approximate surface area is 82.2 Å². The van der Waals surface area contributed by atoms with Gasteiger partial charge in [0, 0.05) is 12.5 Å². The maximum Gasteiger partial charge on any atom is 0.308 e. The first-order valence-electron chi connectivity index (χ1n) is 4.03. The Hall–Kier alpha value is -2.08. The number of esters is 1. The van der Waals surface area contributed by atoms with Crippen molar-refractivity contribution in [1.29, 1.82) is 5.26 Å². The van der Waals surface area contributed by atoms with Gasteiger partial charge in [0.15, 0.2) is 5.75 Å². The Balaban J connectivity index is 3.27. The maximum absolute atomic E-state index is 10.8. The summed E-state index contributed by atoms with van der Waals surface area (Å²) in [7, 11) is 0. The van der Waals surface area contributed by atoms with E-state index in [-0.39, 0.29) is 5.75 Å². The van der Waals surface area contributed by atoms with Crippen molar-refractivity contribution in [3.05, 3.63) is 35.9 Å². The van der Waals surface area contributed by atoms with Gasteiger partial charge in [-0.3, -0.25) is 4.79 Å². The van der Waals surface area contributed by atoms with Crippen molar-refractivity contribution in [2.45, 2.75) is 6.92 Å². The third-order valence-electron chi connectivity index (χ3n) is 1.63. The number of carbonyl (C=O) groups excluding carboxylic acids is 1. The summed E-state index contributed by atoms with van der Waals surface area (Å²) < 4.78 is 4.93. The van der Waals surface area contributed by atoms with Crippen LogP contribution >= 0.6 is 0 Å². The Morgan fingerprint density at radius 3 is 2.86 bits per heavy atom. The monoisotopic (exact) mass is 187 g/mol. The summed E-state index contributed by atoms with van der Waals surface area (Å²) in [6.07, 6.45) is 1.54. The molecule has 0 aliphatic heterocycles. The van der Waals surface area contributed by atoms with Gasteiger partial charge < -0.3 is 4.74 Å². The summed E-state index contributed by atoms with van der Waals surface area (Å²) in [5.41, 5.74) is 0.969. The minimum atomic E-state index is -0.448. The fraction of sp³-hybridized carbons (Fsp3) is 0.0909. The molecule has 3 heteroatoms. The Morgan fingerprint density at radius 2 is 2.36 bits per heavy atom. The number of carbonyl (C=O) groups is 1. The molecule has 0 spiro atoms. The van der Waals surface area contributed by atoms with Crippen LogP contribution in [0.4, 0.5) is 0 Å². The van der Waals surface area contributed by atoms with Crippen molar-refractivity contribution >= 4 is 12.0 Å². The van der Waals surface area contributed by atoms with E-state index in [0.717, 1.165) is 0 Å². The molecule has 0 bridgehead atoms. The highest BCUT2D eigenvalue weighted by atomic mass is 16.5. The summed E-state index contributed by atoms with van der Waals surface area (Å²) in [4.78, 5) is 10.8. The molecule has 1 rings (SSSR count). The zero-order valence-corrected chi connectivity index (χ0v) is 7.78. The van der Waals surface area contributed by atoms with Crippen LogP contribution in [-0.2, 0) is 4.79 Å². The molecular formula is C11H9NO2. The number of hydrogen-bond donors (Lipinski definition) is 0. The van der Waals surface area contributed by atoms with E-state index in [1.807, 2.05) is 6.07 Å². The Bertz CT molecular complexity index is 416. The molecule has 0 aliphatic carbocycles. The van der Waals surface area contributed by atoms with Crippen LogP contribution in [0.2, 0.25) is 0 Å². The second kappa shape index (κ2) is 4.24. The first kappa shape index (κ1) is 10.0. The van der Waals surface area contributed by atoms with Gasteiger partial charge in [-0.2, -0.15) is 5.26 Å². The fourth-order valence-corrected chi connectivity index (χ4v) is 1.06. The van der Waals surface area contributed by atoms with Crippen LogP contribution in [0.3, 0.4) is 0 Å². The van der Waals surface area contributed by atoms with Gasteiger partial charge in [0.2, 0.25) is 0 Å². The largest absolute Gasteiger partial charge is 0.425 e. The number of rotatable bonds is 2. The third-order valence-corrected chi connectivity index (χ3v) is 1.63. The first-order chi connectivity index (χ1) is 6.69. The molecule has 0 radical (unpaired) electrons. The molecule has 0 aliphatic rings. The first-order valence-corrected chi connectivity index (χ1v) is 4.03. The summed E-state index contributed by atoms with van der Waals surface area (Å²) in [6.45, 7) is 4.87. The van der Waals surface area contributed by atoms with E-state index in [4.69, 9.17) is 10.00 Å². The summed E-state index contributed by atoms with van der Waals surface area (Å²) in [5, 5.41) is 8.78. The van der Waals surface area contributed by atoms with E-state index in [0.29, 0.717) is 11.1 Å². The summed E-state index contributed by atoms with van der Waals surface area (Å²) in [6, 6.07) is 6.98. The van der Waals surface area contributed by atoms with E-state index >= 15 is 0 Å². The predicted octanol–water partition coefficient (Wildman–Crippen LogP) is 2.13. The highest BCUT2D eigenvalue weighted by molar-refractivity contribution is 5.73. The van der Waals surface area contributed by atoms with Crippen molar-refractivity contribution in [2.24, 2.45) is 0 Å². The summed E-state index contributed by atoms with van der Waals surface area (Å²) >= 11 is 0. The van der Waals surface area contributed by atoms with Gasteiger partial charge in [0.1, 0.15) is 6.07 Å². The zero-order valence-electron chi connectivity index (χ0n) is 7.78. The third kappa shape index (κ3) is 1.99. The van der Waals surface area contributed by atoms with Gasteiger partial charge in [-0.1, -0.05) is 24.8 Å². The molecule has 0 saturated heterocycles. The number of nitriles is 1. The van der Waals surface area contributed by atoms with E-state index in [2.05, 4.69) is 6.58 Å². The van der Waals surface area contributed by atoms with Crippen molar-refractivity contribution < 1.29 is 9.53 Å². The van der Waals surface area contributed by atoms with Crippen molar-refractivity contribution in [3.8, 4) is 11.8 Å². The van der Waals surface area contributed by atoms with E-state index in [1.165, 1.54) is 6.92 Å². The number of hydrogen-bond acceptors (Lipinski definition) is 3. The SMILES string of the molecule is C=Cc1cccc(C#N)c1OC(C)=O. The topological polar surface area (TPSA) is 50.1 Å². The van der Waals surface area contributed by atoms with Crippen LogP contribution in [0.1, 0.15) is 18.1 Å². The van der Waals surface area contributed by atoms with E-state index < -0.39 is 5.97 Å². The molecule has 0 unspecified atom stereocenters. The molecule has 3 nitrogen and oxygen atoms in total. The van der Waals surface area contributed by atoms with Crippen LogP contribution in [0.25, 0.3) is 6.08 Å². The van der Waals surface area contributed by atoms with Crippen LogP contribution in [-0.4, -0.2) is 5.97 Å². The molecule has 0 heterocycles. The van der Waals surface area contributed by atoms with E-state index in [1.54, 1.807) is 24.3 Å². The lowest BCUT2D eigenvalue weighted by atomic mass is 10.1. The standard InChI is InChI=1S/C11H9NO2/c1-3-9-5-4-6-10(7-12)11(9)14-8(2)13/h3-6H,1H2,2H3. The number of benzene rings is 1. The lowest BCUT2D eigenvalue weighted by molar-refractivity contribution is -0.131. The van der Waals surface area contributed by atoms with Crippen LogP contribution < -0.4 is 4.74 Å². The molecule has 0 amide bonds. The van der Waals surface area contributed by atoms with Gasteiger partial charge >= 0.3 is 5.97 Å². The smallest absolute Gasteiger partial charge is 0.308 e. The van der Waals surface area contributed by atoms with Crippen molar-refractivity contribution in [3.63, 3.8) is 0 Å². The van der Waals surface area contributed by atoms with Gasteiger partial charge in [0.05, 0.1) is 5.56 Å². The Morgan fingerprint density at radius 1 is 1.64 bits per heavy atom. The van der Waals surface area contributed by atoms with Crippen LogP contribution in [0, 0.1) is 11.3 Å². The number of nitrogens with zero attached hydrogens (tertiary/aromatic N) is 1. The van der Waals surface area contributed by atoms with E-state index in [9.17, 15) is 4.79 Å². The number of para-hydroxylation sites is 1. The second-order valence-corrected chi connectivity index (χ2v) is 2.63. The normalized spacial score (nSPS) is 8.86. The average molecular weight is 187 g/mol. The fourth-order valence-electron chi connectivity index (χ4n) is 1.06. The molecule has 0 aromatic heterocycles. The summed E-state index contributed by atoms with van der Waals surface area (Å²) in [5.74, 6) is -0.173. The average Bonchev–Trinajstić information content (AvgIpc) is 2.17. The quantitative estimate of drug-likeness (QED) is 0.526. The lowest BCUT2D eigenvalue weighted by Crippen LogP contribution is -2.04. The molecule has 1 aromatic carbocycles. The molecule has 0 saturated carbocycles. The van der Waals surface area contributed by atoms with Gasteiger partial charge in [0.25, 0.3) is 0 Å². The lowest BCUT2D eigenvalue weighted by Gasteiger charge is -2.06. The van der Waals surface area contributed by atoms with Gasteiger partial charge in [-0.15, -0.1) is 0 Å². The van der Waals surface area contributed by atoms with Crippen LogP contribution in [0.5, 0.6) is 5.75 Å². The van der Waals surface area contributed by atoms with Gasteiger partial charge in [-0.05, 0) is 6.07 Å². The van der Waals surface area contributed by atoms with Crippen LogP contribution in [0.15, 0.2) is 24.8 Å². The molecule has 70 valence electrons. The Kier molecular flexibility index (Phi) is 3.03. The molecule has 0 atom stereocenters. The highest BCUT2D eigenvalue weighted by Gasteiger charge is 2.09. The maximum atomic E-state index is 10.8. The zero-order chi connectivity index (χ0) is 10.6. The molecule has 0 fully saturated rings. The molecule has 14 heavy (non-hydrogen) atoms. The minimum absolute atomic E-state index is 0.275. The molecule has 0 N–H and O–H groups in total. The number of ether oxygens (including phenoxy) is 1. The second-order valence-electron chi connectivity index (χ2n) is 2.63. The van der Waals surface area contributed by atoms with Crippen molar-refractivity contribution in [1.82, 2.24) is 0 Å². The predicted molar refractivity (Wildman–Crippen MR) is 52.6 cm³/mol. The molecule has 1 aromatic rings. The minimum Gasteiger partial charge on any atom is -0.425 e. The molecular weight excluding hydrogens is 178 g/mol. The van der Waals surface area contributed by atoms with Gasteiger partial charge in [-0.25, -0.2) is 0 Å². The highest BCUT2D eigenvalue weighted by Crippen LogP contribution is 2.24. The van der Waals surface area contributed by atoms with Crippen molar-refractivity contribution in [2.75, 3.05) is 0 Å².